The Bertz CT molecular complexity index is 602. The predicted octanol–water partition coefficient (Wildman–Crippen LogP) is 3.20. The summed E-state index contributed by atoms with van der Waals surface area (Å²) in [5.41, 5.74) is 1.47. The Morgan fingerprint density at radius 3 is 2.54 bits per heavy atom. The van der Waals surface area contributed by atoms with Crippen molar-refractivity contribution in [1.29, 1.82) is 0 Å². The Morgan fingerprint density at radius 1 is 1.27 bits per heavy atom. The first-order chi connectivity index (χ1) is 12.0. The fourth-order valence-corrected chi connectivity index (χ4v) is 3.65. The molecule has 146 valence electrons. The lowest BCUT2D eigenvalue weighted by Gasteiger charge is -2.41. The summed E-state index contributed by atoms with van der Waals surface area (Å²) in [5.74, 6) is 1.48. The van der Waals surface area contributed by atoms with Crippen molar-refractivity contribution in [2.45, 2.75) is 37.8 Å². The van der Waals surface area contributed by atoms with Gasteiger partial charge in [-0.1, -0.05) is 28.1 Å². The molecular formula is C19H30BrIN4O. The van der Waals surface area contributed by atoms with E-state index in [-0.39, 0.29) is 29.5 Å². The van der Waals surface area contributed by atoms with Crippen molar-refractivity contribution in [3.05, 3.63) is 34.3 Å². The highest BCUT2D eigenvalue weighted by atomic mass is 127. The van der Waals surface area contributed by atoms with E-state index in [1.807, 2.05) is 7.05 Å². The zero-order chi connectivity index (χ0) is 17.9. The van der Waals surface area contributed by atoms with Crippen molar-refractivity contribution in [2.75, 3.05) is 39.9 Å². The molecule has 1 aromatic carbocycles. The number of benzene rings is 1. The van der Waals surface area contributed by atoms with Gasteiger partial charge in [-0.3, -0.25) is 9.89 Å². The summed E-state index contributed by atoms with van der Waals surface area (Å²) in [5, 5.41) is 7.07. The highest BCUT2D eigenvalue weighted by Gasteiger charge is 2.39. The zero-order valence-electron chi connectivity index (χ0n) is 15.8. The maximum atomic E-state index is 5.46. The van der Waals surface area contributed by atoms with Gasteiger partial charge < -0.3 is 15.4 Å². The molecule has 1 saturated heterocycles. The minimum atomic E-state index is 0. The molecule has 2 N–H and O–H groups in total. The molecule has 1 aliphatic heterocycles. The number of nitrogens with one attached hydrogen (secondary N) is 2. The van der Waals surface area contributed by atoms with Gasteiger partial charge in [0, 0.05) is 48.7 Å². The van der Waals surface area contributed by atoms with Crippen LogP contribution in [0.3, 0.4) is 0 Å². The quantitative estimate of drug-likeness (QED) is 0.345. The minimum Gasteiger partial charge on any atom is -0.379 e. The largest absolute Gasteiger partial charge is 0.379 e. The number of nitrogens with zero attached hydrogens (tertiary/aromatic N) is 2. The van der Waals surface area contributed by atoms with Crippen LogP contribution in [-0.4, -0.2) is 62.3 Å². The maximum absolute atomic E-state index is 5.46. The predicted molar refractivity (Wildman–Crippen MR) is 122 cm³/mol. The summed E-state index contributed by atoms with van der Waals surface area (Å²) in [4.78, 5) is 6.89. The highest BCUT2D eigenvalue weighted by molar-refractivity contribution is 14.0. The Kier molecular flexibility index (Phi) is 8.18. The molecular weight excluding hydrogens is 507 g/mol. The number of hydrogen-bond acceptors (Lipinski definition) is 3. The first kappa shape index (κ1) is 21.9. The van der Waals surface area contributed by atoms with Crippen molar-refractivity contribution in [2.24, 2.45) is 4.99 Å². The Morgan fingerprint density at radius 2 is 1.92 bits per heavy atom. The second-order valence-electron chi connectivity index (χ2n) is 7.48. The molecule has 2 fully saturated rings. The van der Waals surface area contributed by atoms with Crippen molar-refractivity contribution in [1.82, 2.24) is 15.5 Å². The van der Waals surface area contributed by atoms with E-state index in [1.54, 1.807) is 0 Å². The molecule has 2 atom stereocenters. The molecule has 2 unspecified atom stereocenters. The van der Waals surface area contributed by atoms with E-state index in [0.717, 1.165) is 49.7 Å². The summed E-state index contributed by atoms with van der Waals surface area (Å²) in [6, 6.07) is 9.10. The van der Waals surface area contributed by atoms with Crippen LogP contribution in [0.1, 0.15) is 31.7 Å². The first-order valence-corrected chi connectivity index (χ1v) is 9.84. The molecule has 0 amide bonds. The molecule has 1 aliphatic carbocycles. The van der Waals surface area contributed by atoms with Crippen molar-refractivity contribution in [3.8, 4) is 0 Å². The lowest BCUT2D eigenvalue weighted by atomic mass is 10.0. The number of morpholine rings is 1. The summed E-state index contributed by atoms with van der Waals surface area (Å²) >= 11 is 3.50. The Hall–Kier alpha value is -0.380. The average molecular weight is 537 g/mol. The van der Waals surface area contributed by atoms with Crippen LogP contribution in [0.5, 0.6) is 0 Å². The molecule has 0 aromatic heterocycles. The van der Waals surface area contributed by atoms with Gasteiger partial charge >= 0.3 is 0 Å². The monoisotopic (exact) mass is 536 g/mol. The number of hydrogen-bond donors (Lipinski definition) is 2. The molecule has 0 spiro atoms. The van der Waals surface area contributed by atoms with Gasteiger partial charge in [-0.2, -0.15) is 0 Å². The molecule has 0 bridgehead atoms. The first-order valence-electron chi connectivity index (χ1n) is 9.05. The van der Waals surface area contributed by atoms with E-state index in [4.69, 9.17) is 4.74 Å². The van der Waals surface area contributed by atoms with Crippen LogP contribution in [0, 0.1) is 0 Å². The van der Waals surface area contributed by atoms with Crippen LogP contribution in [0.25, 0.3) is 0 Å². The van der Waals surface area contributed by atoms with E-state index < -0.39 is 0 Å². The minimum absolute atomic E-state index is 0. The van der Waals surface area contributed by atoms with Gasteiger partial charge in [0.1, 0.15) is 0 Å². The van der Waals surface area contributed by atoms with E-state index in [2.05, 4.69) is 74.6 Å². The second-order valence-corrected chi connectivity index (χ2v) is 8.40. The van der Waals surface area contributed by atoms with Gasteiger partial charge in [0.15, 0.2) is 5.96 Å². The van der Waals surface area contributed by atoms with Crippen LogP contribution in [-0.2, 0) is 4.74 Å². The lowest BCUT2D eigenvalue weighted by Crippen LogP contribution is -2.56. The molecule has 26 heavy (non-hydrogen) atoms. The summed E-state index contributed by atoms with van der Waals surface area (Å²) < 4.78 is 6.59. The number of rotatable bonds is 5. The Labute approximate surface area is 182 Å². The third kappa shape index (κ3) is 5.81. The standard InChI is InChI=1S/C19H29BrN4O.HI/c1-19(2,24-8-10-25-11-9-24)13-22-18(21-3)23-17-12-16(17)14-4-6-15(20)7-5-14;/h4-7,16-17H,8-13H2,1-3H3,(H2,21,22,23);1H. The van der Waals surface area contributed by atoms with E-state index in [9.17, 15) is 0 Å². The van der Waals surface area contributed by atoms with Gasteiger partial charge in [0.05, 0.1) is 13.2 Å². The lowest BCUT2D eigenvalue weighted by molar-refractivity contribution is -0.00834. The number of guanidine groups is 1. The molecule has 1 saturated carbocycles. The van der Waals surface area contributed by atoms with Crippen molar-refractivity contribution in [3.63, 3.8) is 0 Å². The molecule has 1 heterocycles. The van der Waals surface area contributed by atoms with Crippen molar-refractivity contribution < 1.29 is 4.74 Å². The smallest absolute Gasteiger partial charge is 0.191 e. The van der Waals surface area contributed by atoms with Crippen LogP contribution in [0.4, 0.5) is 0 Å². The fraction of sp³-hybridized carbons (Fsp3) is 0.632. The van der Waals surface area contributed by atoms with Crippen molar-refractivity contribution >= 4 is 45.9 Å². The average Bonchev–Trinajstić information content (AvgIpc) is 3.39. The third-order valence-corrected chi connectivity index (χ3v) is 5.72. The fourth-order valence-electron chi connectivity index (χ4n) is 3.38. The SMILES string of the molecule is CN=C(NCC(C)(C)N1CCOCC1)NC1CC1c1ccc(Br)cc1.I. The van der Waals surface area contributed by atoms with Gasteiger partial charge in [-0.15, -0.1) is 24.0 Å². The van der Waals surface area contributed by atoms with E-state index >= 15 is 0 Å². The summed E-state index contributed by atoms with van der Waals surface area (Å²) in [6.45, 7) is 9.06. The number of halogens is 2. The molecule has 5 nitrogen and oxygen atoms in total. The zero-order valence-corrected chi connectivity index (χ0v) is 19.7. The topological polar surface area (TPSA) is 48.9 Å². The van der Waals surface area contributed by atoms with Gasteiger partial charge in [0.25, 0.3) is 0 Å². The molecule has 0 radical (unpaired) electrons. The van der Waals surface area contributed by atoms with Gasteiger partial charge in [-0.05, 0) is 38.0 Å². The normalized spacial score (nSPS) is 23.9. The van der Waals surface area contributed by atoms with Crippen LogP contribution in [0.15, 0.2) is 33.7 Å². The molecule has 7 heteroatoms. The second kappa shape index (κ2) is 9.71. The van der Waals surface area contributed by atoms with Crippen LogP contribution in [0.2, 0.25) is 0 Å². The molecule has 3 rings (SSSR count). The summed E-state index contributed by atoms with van der Waals surface area (Å²) in [6.07, 6.45) is 1.16. The molecule has 1 aromatic rings. The number of ether oxygens (including phenoxy) is 1. The maximum Gasteiger partial charge on any atom is 0.191 e. The van der Waals surface area contributed by atoms with E-state index in [0.29, 0.717) is 12.0 Å². The van der Waals surface area contributed by atoms with Crippen LogP contribution >= 0.6 is 39.9 Å². The Balaban J connectivity index is 0.00000243. The summed E-state index contributed by atoms with van der Waals surface area (Å²) in [7, 11) is 1.84. The van der Waals surface area contributed by atoms with E-state index in [1.165, 1.54) is 5.56 Å². The van der Waals surface area contributed by atoms with Gasteiger partial charge in [0.2, 0.25) is 0 Å². The highest BCUT2D eigenvalue weighted by Crippen LogP contribution is 2.40. The van der Waals surface area contributed by atoms with Crippen LogP contribution < -0.4 is 10.6 Å². The van der Waals surface area contributed by atoms with Gasteiger partial charge in [-0.25, -0.2) is 0 Å². The number of aliphatic imine (C=N–C) groups is 1. The third-order valence-electron chi connectivity index (χ3n) is 5.19. The molecule has 2 aliphatic rings.